The predicted molar refractivity (Wildman–Crippen MR) is 76.6 cm³/mol. The van der Waals surface area contributed by atoms with Crippen molar-refractivity contribution in [2.75, 3.05) is 33.8 Å². The SMILES string of the molecule is CCC1CN(Cc2ccc(O)c(OC)c2)CCN1C. The molecule has 0 amide bonds. The average Bonchev–Trinajstić information content (AvgIpc) is 2.43. The lowest BCUT2D eigenvalue weighted by Crippen LogP contribution is -2.50. The fourth-order valence-electron chi connectivity index (χ4n) is 2.67. The van der Waals surface area contributed by atoms with Crippen molar-refractivity contribution in [1.82, 2.24) is 9.80 Å². The summed E-state index contributed by atoms with van der Waals surface area (Å²) in [6.07, 6.45) is 1.19. The van der Waals surface area contributed by atoms with E-state index in [1.807, 2.05) is 12.1 Å². The Bertz CT molecular complexity index is 423. The molecule has 1 aromatic rings. The summed E-state index contributed by atoms with van der Waals surface area (Å²) in [5.74, 6) is 0.759. The van der Waals surface area contributed by atoms with Gasteiger partial charge in [0.15, 0.2) is 11.5 Å². The normalized spacial score (nSPS) is 21.5. The summed E-state index contributed by atoms with van der Waals surface area (Å²) in [5.41, 5.74) is 1.19. The van der Waals surface area contributed by atoms with Gasteiger partial charge in [0.2, 0.25) is 0 Å². The van der Waals surface area contributed by atoms with Crippen LogP contribution in [0.25, 0.3) is 0 Å². The van der Waals surface area contributed by atoms with Gasteiger partial charge in [-0.25, -0.2) is 0 Å². The fourth-order valence-corrected chi connectivity index (χ4v) is 2.67. The molecule has 19 heavy (non-hydrogen) atoms. The first-order chi connectivity index (χ1) is 9.13. The van der Waals surface area contributed by atoms with Crippen LogP contribution in [0.4, 0.5) is 0 Å². The molecule has 1 unspecified atom stereocenters. The first kappa shape index (κ1) is 14.2. The summed E-state index contributed by atoms with van der Waals surface area (Å²) in [6, 6.07) is 6.25. The van der Waals surface area contributed by atoms with Crippen molar-refractivity contribution in [3.05, 3.63) is 23.8 Å². The zero-order valence-corrected chi connectivity index (χ0v) is 12.1. The Kier molecular flexibility index (Phi) is 4.66. The molecule has 2 rings (SSSR count). The Morgan fingerprint density at radius 1 is 1.37 bits per heavy atom. The van der Waals surface area contributed by atoms with E-state index < -0.39 is 0 Å². The third-order valence-electron chi connectivity index (χ3n) is 3.98. The molecule has 1 heterocycles. The third kappa shape index (κ3) is 3.39. The highest BCUT2D eigenvalue weighted by Crippen LogP contribution is 2.27. The molecule has 0 spiro atoms. The number of piperazine rings is 1. The zero-order valence-electron chi connectivity index (χ0n) is 12.1. The quantitative estimate of drug-likeness (QED) is 0.901. The molecule has 0 radical (unpaired) electrons. The molecular formula is C15H24N2O2. The van der Waals surface area contributed by atoms with Gasteiger partial charge in [-0.2, -0.15) is 0 Å². The molecule has 0 aromatic heterocycles. The molecule has 0 aliphatic carbocycles. The van der Waals surface area contributed by atoms with Gasteiger partial charge in [0.25, 0.3) is 0 Å². The Morgan fingerprint density at radius 2 is 2.16 bits per heavy atom. The molecular weight excluding hydrogens is 240 g/mol. The molecule has 1 fully saturated rings. The number of phenols is 1. The van der Waals surface area contributed by atoms with Gasteiger partial charge in [0, 0.05) is 32.2 Å². The van der Waals surface area contributed by atoms with Crippen molar-refractivity contribution in [3.63, 3.8) is 0 Å². The van der Waals surface area contributed by atoms with Gasteiger partial charge in [-0.1, -0.05) is 13.0 Å². The van der Waals surface area contributed by atoms with Crippen molar-refractivity contribution >= 4 is 0 Å². The second-order valence-corrected chi connectivity index (χ2v) is 5.28. The van der Waals surface area contributed by atoms with Crippen molar-refractivity contribution in [3.8, 4) is 11.5 Å². The molecule has 1 N–H and O–H groups in total. The van der Waals surface area contributed by atoms with Gasteiger partial charge >= 0.3 is 0 Å². The summed E-state index contributed by atoms with van der Waals surface area (Å²) in [6.45, 7) is 6.48. The first-order valence-corrected chi connectivity index (χ1v) is 6.92. The molecule has 1 aliphatic rings. The number of aromatic hydroxyl groups is 1. The average molecular weight is 264 g/mol. The number of methoxy groups -OCH3 is 1. The topological polar surface area (TPSA) is 35.9 Å². The highest BCUT2D eigenvalue weighted by Gasteiger charge is 2.22. The number of benzene rings is 1. The monoisotopic (exact) mass is 264 g/mol. The highest BCUT2D eigenvalue weighted by molar-refractivity contribution is 5.41. The second-order valence-electron chi connectivity index (χ2n) is 5.28. The van der Waals surface area contributed by atoms with Gasteiger partial charge in [-0.05, 0) is 31.2 Å². The molecule has 1 aromatic carbocycles. The summed E-state index contributed by atoms with van der Waals surface area (Å²) < 4.78 is 5.16. The van der Waals surface area contributed by atoms with Crippen LogP contribution in [-0.2, 0) is 6.54 Å². The lowest BCUT2D eigenvalue weighted by Gasteiger charge is -2.39. The van der Waals surface area contributed by atoms with Crippen LogP contribution in [-0.4, -0.2) is 54.7 Å². The molecule has 0 bridgehead atoms. The van der Waals surface area contributed by atoms with E-state index in [2.05, 4.69) is 23.8 Å². The minimum absolute atomic E-state index is 0.205. The van der Waals surface area contributed by atoms with Crippen molar-refractivity contribution < 1.29 is 9.84 Å². The van der Waals surface area contributed by atoms with E-state index in [1.54, 1.807) is 13.2 Å². The molecule has 106 valence electrons. The van der Waals surface area contributed by atoms with Crippen molar-refractivity contribution in [1.29, 1.82) is 0 Å². The lowest BCUT2D eigenvalue weighted by molar-refractivity contribution is 0.0883. The zero-order chi connectivity index (χ0) is 13.8. The van der Waals surface area contributed by atoms with Crippen LogP contribution in [0.15, 0.2) is 18.2 Å². The van der Waals surface area contributed by atoms with Crippen LogP contribution < -0.4 is 4.74 Å². The lowest BCUT2D eigenvalue weighted by atomic mass is 10.1. The van der Waals surface area contributed by atoms with E-state index in [0.29, 0.717) is 11.8 Å². The van der Waals surface area contributed by atoms with E-state index >= 15 is 0 Å². The predicted octanol–water partition coefficient (Wildman–Crippen LogP) is 1.93. The maximum atomic E-state index is 9.61. The van der Waals surface area contributed by atoms with Crippen molar-refractivity contribution in [2.24, 2.45) is 0 Å². The van der Waals surface area contributed by atoms with E-state index in [0.717, 1.165) is 26.2 Å². The van der Waals surface area contributed by atoms with E-state index in [9.17, 15) is 5.11 Å². The maximum absolute atomic E-state index is 9.61. The number of rotatable bonds is 4. The molecule has 4 heteroatoms. The van der Waals surface area contributed by atoms with Gasteiger partial charge in [-0.3, -0.25) is 4.90 Å². The number of phenolic OH excluding ortho intramolecular Hbond substituents is 1. The Balaban J connectivity index is 2.01. The van der Waals surface area contributed by atoms with Crippen LogP contribution >= 0.6 is 0 Å². The minimum atomic E-state index is 0.205. The number of ether oxygens (including phenoxy) is 1. The number of nitrogens with zero attached hydrogens (tertiary/aromatic N) is 2. The van der Waals surface area contributed by atoms with Crippen LogP contribution in [0, 0.1) is 0 Å². The molecule has 1 atom stereocenters. The van der Waals surface area contributed by atoms with Crippen LogP contribution in [0.1, 0.15) is 18.9 Å². The smallest absolute Gasteiger partial charge is 0.160 e. The molecule has 4 nitrogen and oxygen atoms in total. The van der Waals surface area contributed by atoms with Gasteiger partial charge in [0.05, 0.1) is 7.11 Å². The molecule has 0 saturated carbocycles. The van der Waals surface area contributed by atoms with Gasteiger partial charge < -0.3 is 14.7 Å². The van der Waals surface area contributed by atoms with Crippen molar-refractivity contribution in [2.45, 2.75) is 25.9 Å². The number of hydrogen-bond acceptors (Lipinski definition) is 4. The largest absolute Gasteiger partial charge is 0.504 e. The van der Waals surface area contributed by atoms with Gasteiger partial charge in [-0.15, -0.1) is 0 Å². The standard InChI is InChI=1S/C15H24N2O2/c1-4-13-11-17(8-7-16(13)2)10-12-5-6-14(18)15(9-12)19-3/h5-6,9,13,18H,4,7-8,10-11H2,1-3H3. The third-order valence-corrected chi connectivity index (χ3v) is 3.98. The minimum Gasteiger partial charge on any atom is -0.504 e. The van der Waals surface area contributed by atoms with E-state index in [1.165, 1.54) is 12.0 Å². The van der Waals surface area contributed by atoms with E-state index in [-0.39, 0.29) is 5.75 Å². The maximum Gasteiger partial charge on any atom is 0.160 e. The molecule has 1 saturated heterocycles. The Hall–Kier alpha value is -1.26. The summed E-state index contributed by atoms with van der Waals surface area (Å²) in [7, 11) is 3.79. The Morgan fingerprint density at radius 3 is 2.84 bits per heavy atom. The Labute approximate surface area is 115 Å². The van der Waals surface area contributed by atoms with Crippen LogP contribution in [0.2, 0.25) is 0 Å². The van der Waals surface area contributed by atoms with Crippen LogP contribution in [0.3, 0.4) is 0 Å². The molecule has 1 aliphatic heterocycles. The summed E-state index contributed by atoms with van der Waals surface area (Å²) >= 11 is 0. The number of likely N-dealkylation sites (N-methyl/N-ethyl adjacent to an activating group) is 1. The first-order valence-electron chi connectivity index (χ1n) is 6.92. The van der Waals surface area contributed by atoms with Crippen LogP contribution in [0.5, 0.6) is 11.5 Å². The summed E-state index contributed by atoms with van der Waals surface area (Å²) in [5, 5.41) is 9.61. The fraction of sp³-hybridized carbons (Fsp3) is 0.600. The van der Waals surface area contributed by atoms with Gasteiger partial charge in [0.1, 0.15) is 0 Å². The second kappa shape index (κ2) is 6.26. The number of hydrogen-bond donors (Lipinski definition) is 1. The highest BCUT2D eigenvalue weighted by atomic mass is 16.5. The van der Waals surface area contributed by atoms with E-state index in [4.69, 9.17) is 4.74 Å². The summed E-state index contributed by atoms with van der Waals surface area (Å²) in [4.78, 5) is 4.91.